The SMILES string of the molecule is C\N=C/C(=C\N)C(/C=C/N)=N\C=N/CCC1CCCC1. The van der Waals surface area contributed by atoms with Crippen molar-refractivity contribution in [3.8, 4) is 0 Å². The van der Waals surface area contributed by atoms with E-state index in [0.717, 1.165) is 24.5 Å². The van der Waals surface area contributed by atoms with E-state index in [0.29, 0.717) is 5.71 Å². The summed E-state index contributed by atoms with van der Waals surface area (Å²) in [5.41, 5.74) is 12.3. The predicted octanol–water partition coefficient (Wildman–Crippen LogP) is 2.05. The molecule has 1 aliphatic rings. The normalized spacial score (nSPS) is 19.1. The largest absolute Gasteiger partial charge is 0.405 e. The molecule has 4 N–H and O–H groups in total. The van der Waals surface area contributed by atoms with Gasteiger partial charge in [-0.2, -0.15) is 0 Å². The second-order valence-corrected chi connectivity index (χ2v) is 4.84. The average molecular weight is 275 g/mol. The highest BCUT2D eigenvalue weighted by atomic mass is 14.9. The summed E-state index contributed by atoms with van der Waals surface area (Å²) in [6.45, 7) is 0.831. The summed E-state index contributed by atoms with van der Waals surface area (Å²) >= 11 is 0. The smallest absolute Gasteiger partial charge is 0.110 e. The van der Waals surface area contributed by atoms with E-state index < -0.39 is 0 Å². The van der Waals surface area contributed by atoms with Gasteiger partial charge >= 0.3 is 0 Å². The fraction of sp³-hybridized carbons (Fsp3) is 0.533. The molecule has 1 fully saturated rings. The molecule has 0 aliphatic heterocycles. The standard InChI is InChI=1S/C15H25N5/c1-18-11-14(10-17)15(6-8-16)20-12-19-9-7-13-4-2-3-5-13/h6,8,10-13H,2-5,7,9,16-17H2,1H3/b8-6+,14-10+,18-11-,19-12-,20-15-. The Labute approximate surface area is 121 Å². The lowest BCUT2D eigenvalue weighted by Crippen LogP contribution is -2.05. The number of hydrogen-bond donors (Lipinski definition) is 2. The number of hydrogen-bond acceptors (Lipinski definition) is 4. The Balaban J connectivity index is 2.53. The van der Waals surface area contributed by atoms with Gasteiger partial charge in [0.15, 0.2) is 0 Å². The van der Waals surface area contributed by atoms with E-state index in [2.05, 4.69) is 15.0 Å². The molecule has 20 heavy (non-hydrogen) atoms. The zero-order valence-corrected chi connectivity index (χ0v) is 12.2. The third-order valence-electron chi connectivity index (χ3n) is 3.42. The minimum absolute atomic E-state index is 0.658. The molecule has 5 heteroatoms. The Morgan fingerprint density at radius 3 is 2.60 bits per heavy atom. The first-order valence-electron chi connectivity index (χ1n) is 7.10. The second kappa shape index (κ2) is 9.95. The molecule has 0 atom stereocenters. The number of nitrogens with zero attached hydrogens (tertiary/aromatic N) is 3. The van der Waals surface area contributed by atoms with Crippen LogP contribution < -0.4 is 11.5 Å². The van der Waals surface area contributed by atoms with Gasteiger partial charge in [-0.15, -0.1) is 0 Å². The van der Waals surface area contributed by atoms with Gasteiger partial charge in [0.1, 0.15) is 6.34 Å². The molecule has 1 aliphatic carbocycles. The fourth-order valence-corrected chi connectivity index (χ4v) is 2.36. The van der Waals surface area contributed by atoms with Crippen LogP contribution in [0, 0.1) is 5.92 Å². The molecule has 0 spiro atoms. The Bertz CT molecular complexity index is 412. The third-order valence-corrected chi connectivity index (χ3v) is 3.42. The van der Waals surface area contributed by atoms with Gasteiger partial charge in [0, 0.05) is 31.6 Å². The monoisotopic (exact) mass is 275 g/mol. The molecule has 1 saturated carbocycles. The summed E-state index contributed by atoms with van der Waals surface area (Å²) in [7, 11) is 1.68. The van der Waals surface area contributed by atoms with Gasteiger partial charge in [-0.3, -0.25) is 9.98 Å². The Kier molecular flexibility index (Phi) is 8.03. The Morgan fingerprint density at radius 1 is 1.25 bits per heavy atom. The van der Waals surface area contributed by atoms with Crippen LogP contribution in [0.4, 0.5) is 0 Å². The van der Waals surface area contributed by atoms with E-state index >= 15 is 0 Å². The zero-order chi connectivity index (χ0) is 14.6. The summed E-state index contributed by atoms with van der Waals surface area (Å²) < 4.78 is 0. The van der Waals surface area contributed by atoms with Crippen molar-refractivity contribution in [3.05, 3.63) is 24.0 Å². The topological polar surface area (TPSA) is 89.1 Å². The molecule has 0 amide bonds. The molecule has 0 aromatic rings. The van der Waals surface area contributed by atoms with Gasteiger partial charge in [-0.25, -0.2) is 4.99 Å². The number of aliphatic imine (C=N–C) groups is 3. The quantitative estimate of drug-likeness (QED) is 0.550. The maximum absolute atomic E-state index is 5.55. The summed E-state index contributed by atoms with van der Waals surface area (Å²) in [6.07, 6.45) is 14.4. The molecule has 110 valence electrons. The molecule has 1 rings (SSSR count). The van der Waals surface area contributed by atoms with E-state index in [4.69, 9.17) is 11.5 Å². The van der Waals surface area contributed by atoms with Crippen LogP contribution in [0.5, 0.6) is 0 Å². The van der Waals surface area contributed by atoms with Gasteiger partial charge in [-0.1, -0.05) is 25.7 Å². The van der Waals surface area contributed by atoms with Crippen LogP contribution in [-0.2, 0) is 0 Å². The summed E-state index contributed by atoms with van der Waals surface area (Å²) in [4.78, 5) is 12.6. The van der Waals surface area contributed by atoms with E-state index in [1.807, 2.05) is 0 Å². The lowest BCUT2D eigenvalue weighted by Gasteiger charge is -2.04. The van der Waals surface area contributed by atoms with Crippen molar-refractivity contribution >= 4 is 18.3 Å². The van der Waals surface area contributed by atoms with Gasteiger partial charge < -0.3 is 11.5 Å². The lowest BCUT2D eigenvalue weighted by molar-refractivity contribution is 0.512. The third kappa shape index (κ3) is 5.82. The van der Waals surface area contributed by atoms with E-state index in [1.54, 1.807) is 25.7 Å². The van der Waals surface area contributed by atoms with Crippen LogP contribution in [0.1, 0.15) is 32.1 Å². The van der Waals surface area contributed by atoms with Gasteiger partial charge in [0.2, 0.25) is 0 Å². The highest BCUT2D eigenvalue weighted by molar-refractivity contribution is 6.22. The molecular formula is C15H25N5. The number of rotatable bonds is 7. The Morgan fingerprint density at radius 2 is 2.00 bits per heavy atom. The molecule has 5 nitrogen and oxygen atoms in total. The van der Waals surface area contributed by atoms with Gasteiger partial charge in [0.25, 0.3) is 0 Å². The summed E-state index contributed by atoms with van der Waals surface area (Å²) in [5, 5.41) is 0. The average Bonchev–Trinajstić information content (AvgIpc) is 2.96. The maximum Gasteiger partial charge on any atom is 0.110 e. The lowest BCUT2D eigenvalue weighted by atomic mass is 10.1. The fourth-order valence-electron chi connectivity index (χ4n) is 2.36. The summed E-state index contributed by atoms with van der Waals surface area (Å²) in [6, 6.07) is 0. The number of nitrogens with two attached hydrogens (primary N) is 2. The minimum atomic E-state index is 0.658. The molecular weight excluding hydrogens is 250 g/mol. The maximum atomic E-state index is 5.55. The first-order chi connectivity index (χ1) is 9.81. The van der Waals surface area contributed by atoms with Crippen LogP contribution in [0.2, 0.25) is 0 Å². The molecule has 0 heterocycles. The molecule has 0 radical (unpaired) electrons. The van der Waals surface area contributed by atoms with Crippen LogP contribution >= 0.6 is 0 Å². The van der Waals surface area contributed by atoms with Crippen molar-refractivity contribution in [2.45, 2.75) is 32.1 Å². The van der Waals surface area contributed by atoms with E-state index in [9.17, 15) is 0 Å². The van der Waals surface area contributed by atoms with Crippen LogP contribution in [0.25, 0.3) is 0 Å². The molecule has 0 saturated heterocycles. The van der Waals surface area contributed by atoms with Crippen LogP contribution in [-0.4, -0.2) is 31.9 Å². The Hall–Kier alpha value is -1.91. The molecule has 0 aromatic heterocycles. The highest BCUT2D eigenvalue weighted by Gasteiger charge is 2.13. The van der Waals surface area contributed by atoms with Gasteiger partial charge in [-0.05, 0) is 24.6 Å². The molecule has 0 bridgehead atoms. The van der Waals surface area contributed by atoms with Crippen LogP contribution in [0.3, 0.4) is 0 Å². The van der Waals surface area contributed by atoms with Crippen molar-refractivity contribution in [1.29, 1.82) is 0 Å². The van der Waals surface area contributed by atoms with Crippen molar-refractivity contribution in [3.63, 3.8) is 0 Å². The molecule has 0 aromatic carbocycles. The summed E-state index contributed by atoms with van der Waals surface area (Å²) in [5.74, 6) is 0.853. The van der Waals surface area contributed by atoms with Crippen molar-refractivity contribution in [2.24, 2.45) is 32.4 Å². The van der Waals surface area contributed by atoms with Crippen molar-refractivity contribution in [2.75, 3.05) is 13.6 Å². The molecule has 0 unspecified atom stereocenters. The second-order valence-electron chi connectivity index (χ2n) is 4.84. The van der Waals surface area contributed by atoms with Crippen LogP contribution in [0.15, 0.2) is 39.0 Å². The minimum Gasteiger partial charge on any atom is -0.405 e. The zero-order valence-electron chi connectivity index (χ0n) is 12.2. The van der Waals surface area contributed by atoms with Gasteiger partial charge in [0.05, 0.1) is 5.71 Å². The van der Waals surface area contributed by atoms with E-state index in [-0.39, 0.29) is 0 Å². The highest BCUT2D eigenvalue weighted by Crippen LogP contribution is 2.27. The number of allylic oxidation sites excluding steroid dienone is 2. The first kappa shape index (κ1) is 16.1. The first-order valence-corrected chi connectivity index (χ1v) is 7.10. The van der Waals surface area contributed by atoms with Crippen molar-refractivity contribution < 1.29 is 0 Å². The predicted molar refractivity (Wildman–Crippen MR) is 87.4 cm³/mol. The van der Waals surface area contributed by atoms with E-state index in [1.165, 1.54) is 38.1 Å². The van der Waals surface area contributed by atoms with Crippen molar-refractivity contribution in [1.82, 2.24) is 0 Å².